The van der Waals surface area contributed by atoms with Crippen molar-refractivity contribution in [3.63, 3.8) is 0 Å². The summed E-state index contributed by atoms with van der Waals surface area (Å²) >= 11 is 7.16. The molecule has 0 saturated carbocycles. The lowest BCUT2D eigenvalue weighted by Crippen LogP contribution is -2.29. The fourth-order valence-electron chi connectivity index (χ4n) is 2.10. The van der Waals surface area contributed by atoms with Crippen molar-refractivity contribution in [3.8, 4) is 0 Å². The first-order valence-electron chi connectivity index (χ1n) is 6.74. The fourth-order valence-corrected chi connectivity index (χ4v) is 2.96. The van der Waals surface area contributed by atoms with Gasteiger partial charge in [-0.15, -0.1) is 0 Å². The molecule has 0 aromatic heterocycles. The van der Waals surface area contributed by atoms with Crippen LogP contribution in [0.4, 0.5) is 10.5 Å². The van der Waals surface area contributed by atoms with E-state index in [2.05, 4.69) is 5.10 Å². The SMILES string of the molecule is Nc1ccc(CN2N=C(c3ccc(Cl)cc3)CSC2=O)cc1. The topological polar surface area (TPSA) is 58.7 Å². The number of benzene rings is 2. The van der Waals surface area contributed by atoms with E-state index in [1.807, 2.05) is 48.5 Å². The molecule has 2 aromatic rings. The van der Waals surface area contributed by atoms with Crippen molar-refractivity contribution >= 4 is 40.0 Å². The van der Waals surface area contributed by atoms with Gasteiger partial charge in [-0.05, 0) is 35.4 Å². The van der Waals surface area contributed by atoms with Crippen molar-refractivity contribution in [1.82, 2.24) is 5.01 Å². The predicted octanol–water partition coefficient (Wildman–Crippen LogP) is 4.00. The third kappa shape index (κ3) is 3.43. The van der Waals surface area contributed by atoms with Gasteiger partial charge in [-0.1, -0.05) is 47.6 Å². The van der Waals surface area contributed by atoms with Crippen LogP contribution in [0.25, 0.3) is 0 Å². The Morgan fingerprint density at radius 1 is 1.14 bits per heavy atom. The maximum Gasteiger partial charge on any atom is 0.302 e. The van der Waals surface area contributed by atoms with Gasteiger partial charge in [-0.2, -0.15) is 5.10 Å². The Balaban J connectivity index is 1.82. The molecule has 1 aliphatic rings. The molecule has 0 fully saturated rings. The molecule has 0 saturated heterocycles. The first-order chi connectivity index (χ1) is 10.6. The van der Waals surface area contributed by atoms with Crippen LogP contribution in [0.1, 0.15) is 11.1 Å². The first-order valence-corrected chi connectivity index (χ1v) is 8.10. The van der Waals surface area contributed by atoms with Crippen LogP contribution in [-0.2, 0) is 6.54 Å². The second-order valence-corrected chi connectivity index (χ2v) is 6.27. The summed E-state index contributed by atoms with van der Waals surface area (Å²) in [4.78, 5) is 12.0. The molecule has 6 heteroatoms. The molecule has 1 heterocycles. The van der Waals surface area contributed by atoms with Gasteiger partial charge in [-0.25, -0.2) is 5.01 Å². The normalized spacial score (nSPS) is 14.9. The second kappa shape index (κ2) is 6.42. The molecule has 1 aliphatic heterocycles. The number of nitrogens with zero attached hydrogens (tertiary/aromatic N) is 2. The maximum atomic E-state index is 12.0. The fraction of sp³-hybridized carbons (Fsp3) is 0.125. The second-order valence-electron chi connectivity index (χ2n) is 4.91. The lowest BCUT2D eigenvalue weighted by atomic mass is 10.1. The van der Waals surface area contributed by atoms with Crippen molar-refractivity contribution in [2.24, 2.45) is 5.10 Å². The number of carbonyl (C=O) groups is 1. The number of amides is 1. The number of hydrazone groups is 1. The minimum absolute atomic E-state index is 0.0467. The zero-order valence-corrected chi connectivity index (χ0v) is 13.3. The summed E-state index contributed by atoms with van der Waals surface area (Å²) in [6.45, 7) is 0.434. The van der Waals surface area contributed by atoms with Crippen LogP contribution in [0.2, 0.25) is 5.02 Å². The molecule has 2 N–H and O–H groups in total. The van der Waals surface area contributed by atoms with E-state index in [4.69, 9.17) is 17.3 Å². The van der Waals surface area contributed by atoms with Gasteiger partial charge in [-0.3, -0.25) is 4.79 Å². The largest absolute Gasteiger partial charge is 0.399 e. The Hall–Kier alpha value is -1.98. The molecule has 1 amide bonds. The van der Waals surface area contributed by atoms with E-state index in [1.165, 1.54) is 16.8 Å². The van der Waals surface area contributed by atoms with Crippen LogP contribution in [0.3, 0.4) is 0 Å². The zero-order chi connectivity index (χ0) is 15.5. The first kappa shape index (κ1) is 14.9. The number of rotatable bonds is 3. The highest BCUT2D eigenvalue weighted by molar-refractivity contribution is 8.14. The van der Waals surface area contributed by atoms with E-state index >= 15 is 0 Å². The van der Waals surface area contributed by atoms with Crippen molar-refractivity contribution in [2.75, 3.05) is 11.5 Å². The van der Waals surface area contributed by atoms with Crippen LogP contribution in [0.5, 0.6) is 0 Å². The quantitative estimate of drug-likeness (QED) is 0.865. The predicted molar refractivity (Wildman–Crippen MR) is 92.2 cm³/mol. The molecule has 0 radical (unpaired) electrons. The van der Waals surface area contributed by atoms with Gasteiger partial charge in [0.25, 0.3) is 0 Å². The van der Waals surface area contributed by atoms with Gasteiger partial charge in [0.05, 0.1) is 12.3 Å². The molecule has 0 aliphatic carbocycles. The number of thioether (sulfide) groups is 1. The van der Waals surface area contributed by atoms with Gasteiger partial charge < -0.3 is 5.73 Å². The highest BCUT2D eigenvalue weighted by Crippen LogP contribution is 2.22. The number of halogens is 1. The molecule has 112 valence electrons. The monoisotopic (exact) mass is 331 g/mol. The van der Waals surface area contributed by atoms with Gasteiger partial charge in [0.1, 0.15) is 0 Å². The van der Waals surface area contributed by atoms with Crippen molar-refractivity contribution in [1.29, 1.82) is 0 Å². The van der Waals surface area contributed by atoms with Crippen LogP contribution in [-0.4, -0.2) is 21.7 Å². The van der Waals surface area contributed by atoms with Crippen LogP contribution >= 0.6 is 23.4 Å². The molecule has 2 aromatic carbocycles. The molecule has 0 unspecified atom stereocenters. The number of nitrogen functional groups attached to an aromatic ring is 1. The van der Waals surface area contributed by atoms with Crippen molar-refractivity contribution < 1.29 is 4.79 Å². The number of carbonyl (C=O) groups excluding carboxylic acids is 1. The van der Waals surface area contributed by atoms with Crippen molar-refractivity contribution in [3.05, 3.63) is 64.7 Å². The van der Waals surface area contributed by atoms with E-state index in [9.17, 15) is 4.79 Å². The maximum absolute atomic E-state index is 12.0. The smallest absolute Gasteiger partial charge is 0.302 e. The molecule has 4 nitrogen and oxygen atoms in total. The molecular formula is C16H14ClN3OS. The van der Waals surface area contributed by atoms with Crippen LogP contribution in [0.15, 0.2) is 53.6 Å². The summed E-state index contributed by atoms with van der Waals surface area (Å²) in [6.07, 6.45) is 0. The third-order valence-electron chi connectivity index (χ3n) is 3.27. The van der Waals surface area contributed by atoms with Gasteiger partial charge in [0.15, 0.2) is 0 Å². The highest BCUT2D eigenvalue weighted by atomic mass is 35.5. The number of anilines is 1. The Kier molecular flexibility index (Phi) is 4.36. The summed E-state index contributed by atoms with van der Waals surface area (Å²) in [5.41, 5.74) is 9.22. The summed E-state index contributed by atoms with van der Waals surface area (Å²) in [6, 6.07) is 14.9. The minimum Gasteiger partial charge on any atom is -0.399 e. The van der Waals surface area contributed by atoms with E-state index in [1.54, 1.807) is 0 Å². The van der Waals surface area contributed by atoms with Crippen molar-refractivity contribution in [2.45, 2.75) is 6.54 Å². The lowest BCUT2D eigenvalue weighted by molar-refractivity contribution is 0.222. The molecular weight excluding hydrogens is 318 g/mol. The molecule has 0 spiro atoms. The van der Waals surface area contributed by atoms with Crippen LogP contribution in [0, 0.1) is 0 Å². The average molecular weight is 332 g/mol. The number of hydrogen-bond acceptors (Lipinski definition) is 4. The average Bonchev–Trinajstić information content (AvgIpc) is 2.52. The Morgan fingerprint density at radius 2 is 1.82 bits per heavy atom. The van der Waals surface area contributed by atoms with E-state index < -0.39 is 0 Å². The Morgan fingerprint density at radius 3 is 2.50 bits per heavy atom. The highest BCUT2D eigenvalue weighted by Gasteiger charge is 2.22. The standard InChI is InChI=1S/C16H14ClN3OS/c17-13-5-3-12(4-6-13)15-10-22-16(21)20(19-15)9-11-1-7-14(18)8-2-11/h1-8H,9-10,18H2. The van der Waals surface area contributed by atoms with E-state index in [0.717, 1.165) is 16.8 Å². The van der Waals surface area contributed by atoms with E-state index in [0.29, 0.717) is 23.0 Å². The summed E-state index contributed by atoms with van der Waals surface area (Å²) in [5, 5.41) is 6.61. The summed E-state index contributed by atoms with van der Waals surface area (Å²) in [7, 11) is 0. The van der Waals surface area contributed by atoms with E-state index in [-0.39, 0.29) is 5.24 Å². The van der Waals surface area contributed by atoms with Gasteiger partial charge >= 0.3 is 5.24 Å². The summed E-state index contributed by atoms with van der Waals surface area (Å²) < 4.78 is 0. The molecule has 22 heavy (non-hydrogen) atoms. The zero-order valence-electron chi connectivity index (χ0n) is 11.7. The molecule has 0 atom stereocenters. The van der Waals surface area contributed by atoms with Gasteiger partial charge in [0, 0.05) is 16.5 Å². The van der Waals surface area contributed by atoms with Gasteiger partial charge in [0.2, 0.25) is 0 Å². The number of nitrogens with two attached hydrogens (primary N) is 1. The van der Waals surface area contributed by atoms with Crippen LogP contribution < -0.4 is 5.73 Å². The Bertz CT molecular complexity index is 713. The Labute approximate surface area is 137 Å². The lowest BCUT2D eigenvalue weighted by Gasteiger charge is -2.23. The minimum atomic E-state index is -0.0467. The third-order valence-corrected chi connectivity index (χ3v) is 4.40. The number of hydrogen-bond donors (Lipinski definition) is 1. The molecule has 0 bridgehead atoms. The molecule has 3 rings (SSSR count). The summed E-state index contributed by atoms with van der Waals surface area (Å²) in [5.74, 6) is 0.568.